The summed E-state index contributed by atoms with van der Waals surface area (Å²) >= 11 is 0. The molecule has 9 heteroatoms. The fourth-order valence-corrected chi connectivity index (χ4v) is 4.34. The topological polar surface area (TPSA) is 87.3 Å². The monoisotopic (exact) mass is 427 g/mol. The lowest BCUT2D eigenvalue weighted by molar-refractivity contribution is 0.0950. The third kappa shape index (κ3) is 5.43. The molecular formula is C19H23ClFN3O3S. The summed E-state index contributed by atoms with van der Waals surface area (Å²) in [5.74, 6) is -0.772. The Balaban J connectivity index is 0.00000280. The van der Waals surface area contributed by atoms with Crippen LogP contribution in [0, 0.1) is 12.7 Å². The normalized spacial score (nSPS) is 16.3. The number of nitrogens with one attached hydrogen (secondary N) is 3. The van der Waals surface area contributed by atoms with E-state index in [1.807, 2.05) is 0 Å². The van der Waals surface area contributed by atoms with Crippen molar-refractivity contribution in [3.8, 4) is 0 Å². The number of carbonyl (C=O) groups is 1. The summed E-state index contributed by atoms with van der Waals surface area (Å²) in [7, 11) is -3.91. The number of anilines is 1. The van der Waals surface area contributed by atoms with E-state index in [9.17, 15) is 17.6 Å². The number of hydrogen-bond acceptors (Lipinski definition) is 4. The van der Waals surface area contributed by atoms with Crippen molar-refractivity contribution in [2.75, 3.05) is 17.8 Å². The van der Waals surface area contributed by atoms with Crippen LogP contribution in [0.15, 0.2) is 47.4 Å². The third-order valence-corrected chi connectivity index (χ3v) is 6.03. The smallest absolute Gasteiger partial charge is 0.262 e. The quantitative estimate of drug-likeness (QED) is 0.661. The van der Waals surface area contributed by atoms with Crippen molar-refractivity contribution in [2.45, 2.75) is 30.7 Å². The minimum absolute atomic E-state index is 0. The molecule has 1 fully saturated rings. The molecule has 0 radical (unpaired) electrons. The van der Waals surface area contributed by atoms with Gasteiger partial charge in [-0.05, 0) is 68.3 Å². The molecule has 1 amide bonds. The molecule has 0 aliphatic carbocycles. The van der Waals surface area contributed by atoms with Crippen LogP contribution in [-0.4, -0.2) is 33.5 Å². The van der Waals surface area contributed by atoms with E-state index in [1.165, 1.54) is 30.3 Å². The highest BCUT2D eigenvalue weighted by Gasteiger charge is 2.20. The lowest BCUT2D eigenvalue weighted by Crippen LogP contribution is -2.37. The molecule has 152 valence electrons. The van der Waals surface area contributed by atoms with Gasteiger partial charge in [-0.15, -0.1) is 12.4 Å². The van der Waals surface area contributed by atoms with Crippen molar-refractivity contribution in [1.29, 1.82) is 0 Å². The lowest BCUT2D eigenvalue weighted by Gasteiger charge is -2.14. The van der Waals surface area contributed by atoms with Crippen molar-refractivity contribution in [2.24, 2.45) is 0 Å². The zero-order valence-electron chi connectivity index (χ0n) is 15.4. The van der Waals surface area contributed by atoms with E-state index < -0.39 is 15.8 Å². The maximum absolute atomic E-state index is 13.0. The molecular weight excluding hydrogens is 405 g/mol. The maximum Gasteiger partial charge on any atom is 0.262 e. The number of amides is 1. The molecule has 2 aromatic rings. The van der Waals surface area contributed by atoms with Gasteiger partial charge < -0.3 is 10.6 Å². The van der Waals surface area contributed by atoms with E-state index in [1.54, 1.807) is 19.1 Å². The number of hydrogen-bond donors (Lipinski definition) is 3. The Bertz CT molecular complexity index is 930. The highest BCUT2D eigenvalue weighted by Crippen LogP contribution is 2.21. The molecule has 0 aromatic heterocycles. The predicted octanol–water partition coefficient (Wildman–Crippen LogP) is 2.84. The zero-order valence-corrected chi connectivity index (χ0v) is 17.0. The van der Waals surface area contributed by atoms with Gasteiger partial charge in [-0.1, -0.05) is 6.07 Å². The van der Waals surface area contributed by atoms with Crippen LogP contribution in [-0.2, 0) is 10.0 Å². The Hall–Kier alpha value is -2.16. The molecule has 1 aliphatic heterocycles. The summed E-state index contributed by atoms with van der Waals surface area (Å²) < 4.78 is 40.8. The molecule has 1 heterocycles. The van der Waals surface area contributed by atoms with Crippen LogP contribution >= 0.6 is 12.4 Å². The number of rotatable bonds is 6. The molecule has 1 saturated heterocycles. The second-order valence-electron chi connectivity index (χ2n) is 6.60. The average molecular weight is 428 g/mol. The molecule has 3 rings (SSSR count). The van der Waals surface area contributed by atoms with Crippen molar-refractivity contribution < 1.29 is 17.6 Å². The van der Waals surface area contributed by atoms with Crippen LogP contribution in [0.3, 0.4) is 0 Å². The number of aryl methyl sites for hydroxylation is 1. The average Bonchev–Trinajstić information content (AvgIpc) is 3.15. The summed E-state index contributed by atoms with van der Waals surface area (Å²) in [5, 5.41) is 6.13. The van der Waals surface area contributed by atoms with Crippen LogP contribution in [0.5, 0.6) is 0 Å². The van der Waals surface area contributed by atoms with Gasteiger partial charge >= 0.3 is 0 Å². The molecule has 0 saturated carbocycles. The maximum atomic E-state index is 13.0. The van der Waals surface area contributed by atoms with Crippen molar-refractivity contribution in [3.63, 3.8) is 0 Å². The van der Waals surface area contributed by atoms with E-state index in [0.717, 1.165) is 19.4 Å². The Labute approximate surface area is 170 Å². The molecule has 1 atom stereocenters. The van der Waals surface area contributed by atoms with Crippen LogP contribution in [0.25, 0.3) is 0 Å². The number of carbonyl (C=O) groups excluding carboxylic acids is 1. The van der Waals surface area contributed by atoms with Gasteiger partial charge in [0.1, 0.15) is 5.82 Å². The molecule has 6 nitrogen and oxygen atoms in total. The van der Waals surface area contributed by atoms with Gasteiger partial charge in [-0.3, -0.25) is 9.52 Å². The minimum Gasteiger partial charge on any atom is -0.350 e. The SMILES string of the molecule is Cc1ccc(C(=O)NCC2CCCN2)cc1S(=O)(=O)Nc1ccc(F)cc1.Cl. The van der Waals surface area contributed by atoms with Gasteiger partial charge in [0, 0.05) is 23.8 Å². The second-order valence-corrected chi connectivity index (χ2v) is 8.25. The molecule has 2 aromatic carbocycles. The summed E-state index contributed by atoms with van der Waals surface area (Å²) in [5.41, 5.74) is 1.04. The molecule has 1 aliphatic rings. The zero-order chi connectivity index (χ0) is 19.4. The van der Waals surface area contributed by atoms with Gasteiger partial charge in [-0.25, -0.2) is 12.8 Å². The summed E-state index contributed by atoms with van der Waals surface area (Å²) in [6.45, 7) is 3.11. The first kappa shape index (κ1) is 22.1. The third-order valence-electron chi connectivity index (χ3n) is 4.51. The largest absolute Gasteiger partial charge is 0.350 e. The summed E-state index contributed by atoms with van der Waals surface area (Å²) in [6.07, 6.45) is 2.10. The van der Waals surface area contributed by atoms with Crippen molar-refractivity contribution in [3.05, 3.63) is 59.4 Å². The van der Waals surface area contributed by atoms with Crippen molar-refractivity contribution in [1.82, 2.24) is 10.6 Å². The van der Waals surface area contributed by atoms with Crippen LogP contribution < -0.4 is 15.4 Å². The second kappa shape index (κ2) is 9.36. The number of sulfonamides is 1. The first-order valence-corrected chi connectivity index (χ1v) is 10.2. The van der Waals surface area contributed by atoms with Gasteiger partial charge in [-0.2, -0.15) is 0 Å². The lowest BCUT2D eigenvalue weighted by atomic mass is 10.1. The Morgan fingerprint density at radius 2 is 1.93 bits per heavy atom. The van der Waals surface area contributed by atoms with Crippen LogP contribution in [0.4, 0.5) is 10.1 Å². The highest BCUT2D eigenvalue weighted by molar-refractivity contribution is 7.92. The van der Waals surface area contributed by atoms with Crippen LogP contribution in [0.1, 0.15) is 28.8 Å². The van der Waals surface area contributed by atoms with E-state index >= 15 is 0 Å². The van der Waals surface area contributed by atoms with Crippen LogP contribution in [0.2, 0.25) is 0 Å². The summed E-state index contributed by atoms with van der Waals surface area (Å²) in [4.78, 5) is 12.4. The summed E-state index contributed by atoms with van der Waals surface area (Å²) in [6, 6.07) is 9.84. The molecule has 28 heavy (non-hydrogen) atoms. The van der Waals surface area contributed by atoms with E-state index in [2.05, 4.69) is 15.4 Å². The van der Waals surface area contributed by atoms with E-state index in [0.29, 0.717) is 12.1 Å². The first-order valence-electron chi connectivity index (χ1n) is 8.76. The Kier molecular flexibility index (Phi) is 7.40. The van der Waals surface area contributed by atoms with E-state index in [4.69, 9.17) is 0 Å². The predicted molar refractivity (Wildman–Crippen MR) is 109 cm³/mol. The first-order chi connectivity index (χ1) is 12.8. The molecule has 0 spiro atoms. The van der Waals surface area contributed by atoms with Gasteiger partial charge in [0.25, 0.3) is 15.9 Å². The fraction of sp³-hybridized carbons (Fsp3) is 0.316. The highest BCUT2D eigenvalue weighted by atomic mass is 35.5. The Morgan fingerprint density at radius 3 is 2.57 bits per heavy atom. The van der Waals surface area contributed by atoms with E-state index in [-0.39, 0.29) is 40.5 Å². The fourth-order valence-electron chi connectivity index (χ4n) is 3.01. The van der Waals surface area contributed by atoms with Gasteiger partial charge in [0.15, 0.2) is 0 Å². The molecule has 3 N–H and O–H groups in total. The molecule has 0 bridgehead atoms. The standard InChI is InChI=1S/C19H22FN3O3S.ClH/c1-13-4-5-14(19(24)22-12-17-3-2-10-21-17)11-18(13)27(25,26)23-16-8-6-15(20)7-9-16;/h4-9,11,17,21,23H,2-3,10,12H2,1H3,(H,22,24);1H. The minimum atomic E-state index is -3.91. The Morgan fingerprint density at radius 1 is 1.21 bits per heavy atom. The number of halogens is 2. The number of benzene rings is 2. The van der Waals surface area contributed by atoms with Crippen molar-refractivity contribution >= 4 is 34.0 Å². The van der Waals surface area contributed by atoms with Gasteiger partial charge in [0.05, 0.1) is 4.90 Å². The molecule has 1 unspecified atom stereocenters. The van der Waals surface area contributed by atoms with Gasteiger partial charge in [0.2, 0.25) is 0 Å².